The van der Waals surface area contributed by atoms with Crippen molar-refractivity contribution in [1.29, 1.82) is 0 Å². The third-order valence-corrected chi connectivity index (χ3v) is 1.75. The van der Waals surface area contributed by atoms with Gasteiger partial charge in [0, 0.05) is 13.2 Å². The highest BCUT2D eigenvalue weighted by Crippen LogP contribution is 2.10. The summed E-state index contributed by atoms with van der Waals surface area (Å²) in [6.45, 7) is 12.6. The van der Waals surface area contributed by atoms with E-state index in [9.17, 15) is 4.79 Å². The molecule has 0 aliphatic carbocycles. The van der Waals surface area contributed by atoms with Gasteiger partial charge in [-0.1, -0.05) is 6.92 Å². The molecule has 4 heteroatoms. The highest BCUT2D eigenvalue weighted by molar-refractivity contribution is 5.67. The van der Waals surface area contributed by atoms with Crippen molar-refractivity contribution in [2.75, 3.05) is 13.2 Å². The van der Waals surface area contributed by atoms with Gasteiger partial charge >= 0.3 is 6.09 Å². The second kappa shape index (κ2) is 6.09. The fourth-order valence-corrected chi connectivity index (χ4v) is 1.03. The van der Waals surface area contributed by atoms with Crippen LogP contribution in [-0.2, 0) is 9.47 Å². The maximum Gasteiger partial charge on any atom is 0.407 e. The highest BCUT2D eigenvalue weighted by Gasteiger charge is 2.21. The third-order valence-electron chi connectivity index (χ3n) is 1.75. The first-order valence-electron chi connectivity index (χ1n) is 5.77. The van der Waals surface area contributed by atoms with E-state index in [4.69, 9.17) is 9.47 Å². The molecule has 0 unspecified atom stereocenters. The van der Waals surface area contributed by atoms with Gasteiger partial charge in [-0.2, -0.15) is 0 Å². The average molecular weight is 231 g/mol. The van der Waals surface area contributed by atoms with Gasteiger partial charge in [0.25, 0.3) is 0 Å². The molecule has 0 saturated carbocycles. The van der Waals surface area contributed by atoms with Crippen molar-refractivity contribution in [1.82, 2.24) is 5.32 Å². The molecule has 0 aliphatic heterocycles. The lowest BCUT2D eigenvalue weighted by atomic mass is 10.1. The minimum atomic E-state index is -0.460. The molecule has 96 valence electrons. The summed E-state index contributed by atoms with van der Waals surface area (Å²) < 4.78 is 10.7. The standard InChI is InChI=1S/C12H25NO3/c1-7-8-15-12(5,6)9-13-10(14)16-11(2,3)4/h7-9H2,1-6H3,(H,13,14). The molecule has 0 saturated heterocycles. The summed E-state index contributed by atoms with van der Waals surface area (Å²) in [5.74, 6) is 0. The van der Waals surface area contributed by atoms with E-state index >= 15 is 0 Å². The minimum absolute atomic E-state index is 0.354. The van der Waals surface area contributed by atoms with Crippen LogP contribution in [0.1, 0.15) is 48.0 Å². The second-order valence-corrected chi connectivity index (χ2v) is 5.46. The van der Waals surface area contributed by atoms with Crippen molar-refractivity contribution in [3.05, 3.63) is 0 Å². The fourth-order valence-electron chi connectivity index (χ4n) is 1.03. The van der Waals surface area contributed by atoms with Crippen LogP contribution < -0.4 is 5.32 Å². The first-order valence-corrected chi connectivity index (χ1v) is 5.77. The molecule has 0 heterocycles. The van der Waals surface area contributed by atoms with Crippen molar-refractivity contribution in [2.24, 2.45) is 0 Å². The smallest absolute Gasteiger partial charge is 0.407 e. The first-order chi connectivity index (χ1) is 7.16. The van der Waals surface area contributed by atoms with Crippen LogP contribution in [0.25, 0.3) is 0 Å². The van der Waals surface area contributed by atoms with Gasteiger partial charge in [0.15, 0.2) is 0 Å². The van der Waals surface area contributed by atoms with Gasteiger partial charge in [0.2, 0.25) is 0 Å². The molecule has 0 bridgehead atoms. The second-order valence-electron chi connectivity index (χ2n) is 5.46. The number of ether oxygens (including phenoxy) is 2. The van der Waals surface area contributed by atoms with Crippen LogP contribution in [0.3, 0.4) is 0 Å². The molecular weight excluding hydrogens is 206 g/mol. The Labute approximate surface area is 98.7 Å². The summed E-state index contributed by atoms with van der Waals surface area (Å²) in [4.78, 5) is 11.4. The maximum atomic E-state index is 11.4. The predicted molar refractivity (Wildman–Crippen MR) is 64.6 cm³/mol. The van der Waals surface area contributed by atoms with Crippen molar-refractivity contribution >= 4 is 6.09 Å². The Morgan fingerprint density at radius 3 is 2.19 bits per heavy atom. The molecule has 0 aromatic rings. The van der Waals surface area contributed by atoms with Crippen LogP contribution in [0.2, 0.25) is 0 Å². The van der Waals surface area contributed by atoms with E-state index in [0.717, 1.165) is 6.42 Å². The van der Waals surface area contributed by atoms with E-state index in [2.05, 4.69) is 12.2 Å². The molecule has 1 amide bonds. The molecule has 1 N–H and O–H groups in total. The Kier molecular flexibility index (Phi) is 5.79. The van der Waals surface area contributed by atoms with Gasteiger partial charge in [-0.3, -0.25) is 0 Å². The number of amides is 1. The molecule has 0 rings (SSSR count). The van der Waals surface area contributed by atoms with Crippen molar-refractivity contribution in [2.45, 2.75) is 59.2 Å². The van der Waals surface area contributed by atoms with E-state index in [1.807, 2.05) is 34.6 Å². The average Bonchev–Trinajstić information content (AvgIpc) is 2.09. The first kappa shape index (κ1) is 15.2. The number of carbonyl (C=O) groups is 1. The van der Waals surface area contributed by atoms with E-state index in [-0.39, 0.29) is 5.60 Å². The number of nitrogens with one attached hydrogen (secondary N) is 1. The molecule has 0 aliphatic rings. The Morgan fingerprint density at radius 1 is 1.19 bits per heavy atom. The van der Waals surface area contributed by atoms with Crippen LogP contribution >= 0.6 is 0 Å². The normalized spacial score (nSPS) is 12.4. The SMILES string of the molecule is CCCOC(C)(C)CNC(=O)OC(C)(C)C. The largest absolute Gasteiger partial charge is 0.444 e. The van der Waals surface area contributed by atoms with E-state index in [1.54, 1.807) is 0 Å². The van der Waals surface area contributed by atoms with Crippen LogP contribution in [-0.4, -0.2) is 30.4 Å². The summed E-state index contributed by atoms with van der Waals surface area (Å²) in [6.07, 6.45) is 0.566. The lowest BCUT2D eigenvalue weighted by Crippen LogP contribution is -2.42. The number of carbonyl (C=O) groups excluding carboxylic acids is 1. The third kappa shape index (κ3) is 8.53. The molecule has 0 atom stereocenters. The van der Waals surface area contributed by atoms with E-state index < -0.39 is 11.7 Å². The summed E-state index contributed by atoms with van der Waals surface area (Å²) in [5, 5.41) is 2.70. The lowest BCUT2D eigenvalue weighted by Gasteiger charge is -2.26. The minimum Gasteiger partial charge on any atom is -0.444 e. The van der Waals surface area contributed by atoms with E-state index in [1.165, 1.54) is 0 Å². The van der Waals surface area contributed by atoms with Crippen LogP contribution in [0.4, 0.5) is 4.79 Å². The molecule has 0 aromatic heterocycles. The number of hydrogen-bond donors (Lipinski definition) is 1. The number of alkyl carbamates (subject to hydrolysis) is 1. The quantitative estimate of drug-likeness (QED) is 0.791. The van der Waals surface area contributed by atoms with Crippen molar-refractivity contribution in [3.63, 3.8) is 0 Å². The summed E-state index contributed by atoms with van der Waals surface area (Å²) in [6, 6.07) is 0. The van der Waals surface area contributed by atoms with Crippen LogP contribution in [0.15, 0.2) is 0 Å². The van der Waals surface area contributed by atoms with Gasteiger partial charge in [0.05, 0.1) is 5.60 Å². The molecular formula is C12H25NO3. The number of rotatable bonds is 5. The van der Waals surface area contributed by atoms with Crippen LogP contribution in [0.5, 0.6) is 0 Å². The monoisotopic (exact) mass is 231 g/mol. The van der Waals surface area contributed by atoms with Gasteiger partial charge in [-0.05, 0) is 41.0 Å². The summed E-state index contributed by atoms with van der Waals surface area (Å²) in [5.41, 5.74) is -0.814. The Balaban J connectivity index is 3.90. The summed E-state index contributed by atoms with van der Waals surface area (Å²) in [7, 11) is 0. The maximum absolute atomic E-state index is 11.4. The molecule has 16 heavy (non-hydrogen) atoms. The van der Waals surface area contributed by atoms with Crippen molar-refractivity contribution in [3.8, 4) is 0 Å². The van der Waals surface area contributed by atoms with Gasteiger partial charge in [0.1, 0.15) is 5.60 Å². The molecule has 0 radical (unpaired) electrons. The molecule has 0 fully saturated rings. The Bertz CT molecular complexity index is 219. The summed E-state index contributed by atoms with van der Waals surface area (Å²) >= 11 is 0. The molecule has 0 spiro atoms. The lowest BCUT2D eigenvalue weighted by molar-refractivity contribution is -0.0189. The molecule has 0 aromatic carbocycles. The van der Waals surface area contributed by atoms with Gasteiger partial charge in [-0.15, -0.1) is 0 Å². The topological polar surface area (TPSA) is 47.6 Å². The fraction of sp³-hybridized carbons (Fsp3) is 0.917. The highest BCUT2D eigenvalue weighted by atomic mass is 16.6. The zero-order valence-electron chi connectivity index (χ0n) is 11.3. The number of hydrogen-bond acceptors (Lipinski definition) is 3. The Hall–Kier alpha value is -0.770. The van der Waals surface area contributed by atoms with Crippen molar-refractivity contribution < 1.29 is 14.3 Å². The van der Waals surface area contributed by atoms with E-state index in [0.29, 0.717) is 13.2 Å². The van der Waals surface area contributed by atoms with Crippen LogP contribution in [0, 0.1) is 0 Å². The van der Waals surface area contributed by atoms with Gasteiger partial charge in [-0.25, -0.2) is 4.79 Å². The Morgan fingerprint density at radius 2 is 1.75 bits per heavy atom. The zero-order chi connectivity index (χ0) is 12.8. The predicted octanol–water partition coefficient (Wildman–Crippen LogP) is 2.72. The zero-order valence-corrected chi connectivity index (χ0v) is 11.3. The van der Waals surface area contributed by atoms with Gasteiger partial charge < -0.3 is 14.8 Å². The molecule has 4 nitrogen and oxygen atoms in total.